The molecule has 79 heavy (non-hydrogen) atoms. The van der Waals surface area contributed by atoms with Gasteiger partial charge < -0.3 is 42.7 Å². The predicted molar refractivity (Wildman–Crippen MR) is 303 cm³/mol. The molecule has 10 rings (SSSR count). The van der Waals surface area contributed by atoms with Gasteiger partial charge in [-0.05, 0) is 77.5 Å². The van der Waals surface area contributed by atoms with Gasteiger partial charge in [0.2, 0.25) is 35.3 Å². The van der Waals surface area contributed by atoms with Crippen LogP contribution in [-0.2, 0) is 56.4 Å². The summed E-state index contributed by atoms with van der Waals surface area (Å²) in [5.74, 6) is 3.09. The van der Waals surface area contributed by atoms with Gasteiger partial charge in [0.05, 0.1) is 58.7 Å². The standard InChI is InChI=1S/C24H22N4O2.C19H16BrNO2.C10H12N4O2.C5H7N3.CH3.Pd/c1-18-14-26-22(15-25-18)27-21-12-13-23(29-16-19-8-4-2-5-9-19)28-24(21)30-17-20-10-6-3-7-11-20;20-17-11-12-18(22-13-15-7-3-1-4-8-15)21-19(17)23-14-16-9-5-2-6-10-16;1-6-4-12-8(5-11-6)13-7-2-3-9(15)14-10(7)16;1-4-2-8-5(6)3-7-4;;/h2-15H,16-17H2,1H3,(H,26,27);1-12H,13-14H2;4-5,7H,2-3H2,1H3,(H,12,13)(H,14,15,16);2-3H,1H3,(H2,6,8);1H3;/q;;;;-1;. The number of imide groups is 1. The summed E-state index contributed by atoms with van der Waals surface area (Å²) in [5, 5.41) is 8.43. The molecule has 1 aliphatic rings. The molecule has 5 aromatic heterocycles. The van der Waals surface area contributed by atoms with E-state index in [-0.39, 0.29) is 39.7 Å². The topological polar surface area (TPSA) is 236 Å². The van der Waals surface area contributed by atoms with Crippen molar-refractivity contribution in [3.8, 4) is 23.5 Å². The Labute approximate surface area is 482 Å². The first-order chi connectivity index (χ1) is 37.5. The third kappa shape index (κ3) is 21.7. The first kappa shape index (κ1) is 61.2. The molecule has 18 nitrogen and oxygen atoms in total. The van der Waals surface area contributed by atoms with E-state index in [4.69, 9.17) is 24.7 Å². The summed E-state index contributed by atoms with van der Waals surface area (Å²) in [6.07, 6.45) is 10.6. The summed E-state index contributed by atoms with van der Waals surface area (Å²) in [4.78, 5) is 55.8. The van der Waals surface area contributed by atoms with Crippen molar-refractivity contribution in [1.82, 2.24) is 45.2 Å². The first-order valence-corrected chi connectivity index (χ1v) is 25.1. The largest absolute Gasteiger partial charge is 0.473 e. The number of nitrogens with one attached hydrogen (secondary N) is 3. The van der Waals surface area contributed by atoms with E-state index in [1.165, 1.54) is 6.20 Å². The van der Waals surface area contributed by atoms with E-state index in [9.17, 15) is 9.59 Å². The van der Waals surface area contributed by atoms with Gasteiger partial charge in [0.15, 0.2) is 0 Å². The molecule has 1 aliphatic heterocycles. The number of hydrogen-bond donors (Lipinski definition) is 4. The van der Waals surface area contributed by atoms with E-state index < -0.39 is 6.04 Å². The van der Waals surface area contributed by atoms with Gasteiger partial charge in [-0.3, -0.25) is 29.9 Å². The third-order valence-electron chi connectivity index (χ3n) is 10.7. The normalized spacial score (nSPS) is 12.0. The summed E-state index contributed by atoms with van der Waals surface area (Å²) in [6.45, 7) is 7.37. The number of ether oxygens (including phenoxy) is 4. The van der Waals surface area contributed by atoms with Crippen LogP contribution in [0.2, 0.25) is 0 Å². The Kier molecular flexibility index (Phi) is 25.4. The molecule has 1 unspecified atom stereocenters. The van der Waals surface area contributed by atoms with Crippen molar-refractivity contribution in [1.29, 1.82) is 0 Å². The second-order valence-corrected chi connectivity index (χ2v) is 17.8. The number of aryl methyl sites for hydroxylation is 3. The van der Waals surface area contributed by atoms with Gasteiger partial charge in [0.1, 0.15) is 55.6 Å². The Balaban J connectivity index is 0.000000208. The molecule has 1 saturated heterocycles. The van der Waals surface area contributed by atoms with Gasteiger partial charge in [-0.1, -0.05) is 121 Å². The molecule has 4 aromatic carbocycles. The number of anilines is 4. The number of nitrogens with two attached hydrogens (primary N) is 1. The van der Waals surface area contributed by atoms with Gasteiger partial charge in [0, 0.05) is 39.0 Å². The summed E-state index contributed by atoms with van der Waals surface area (Å²) in [6, 6.07) is 46.9. The molecule has 410 valence electrons. The molecule has 1 fully saturated rings. The van der Waals surface area contributed by atoms with E-state index in [0.29, 0.717) is 85.9 Å². The van der Waals surface area contributed by atoms with E-state index in [1.807, 2.05) is 166 Å². The molecule has 0 radical (unpaired) electrons. The summed E-state index contributed by atoms with van der Waals surface area (Å²) >= 11 is 3.46. The average molecular weight is 1220 g/mol. The van der Waals surface area contributed by atoms with Crippen LogP contribution < -0.4 is 40.6 Å². The average Bonchev–Trinajstić information content (AvgIpc) is 3.46. The Hall–Kier alpha value is -8.70. The molecule has 9 aromatic rings. The van der Waals surface area contributed by atoms with Crippen molar-refractivity contribution in [3.63, 3.8) is 0 Å². The minimum atomic E-state index is -0.408. The van der Waals surface area contributed by atoms with Gasteiger partial charge in [-0.25, -0.2) is 15.0 Å². The number of pyridine rings is 2. The Morgan fingerprint density at radius 3 is 1.41 bits per heavy atom. The number of hydrogen-bond acceptors (Lipinski definition) is 17. The second-order valence-electron chi connectivity index (χ2n) is 17.0. The number of nitrogen functional groups attached to an aromatic ring is 1. The Morgan fingerprint density at radius 1 is 0.532 bits per heavy atom. The number of amides is 2. The molecule has 0 spiro atoms. The Bertz CT molecular complexity index is 3200. The monoisotopic (exact) mass is 1220 g/mol. The molecular formula is C59H60BrN12O6Pd-. The summed E-state index contributed by atoms with van der Waals surface area (Å²) in [7, 11) is 0. The fourth-order valence-electron chi connectivity index (χ4n) is 6.69. The first-order valence-electron chi connectivity index (χ1n) is 24.3. The molecule has 2 amide bonds. The van der Waals surface area contributed by atoms with E-state index in [1.54, 1.807) is 31.0 Å². The molecule has 0 bridgehead atoms. The summed E-state index contributed by atoms with van der Waals surface area (Å²) < 4.78 is 24.2. The second kappa shape index (κ2) is 32.8. The number of carbonyl (C=O) groups is 2. The predicted octanol–water partition coefficient (Wildman–Crippen LogP) is 10.9. The van der Waals surface area contributed by atoms with Gasteiger partial charge in [-0.2, -0.15) is 9.97 Å². The van der Waals surface area contributed by atoms with Crippen LogP contribution in [0.15, 0.2) is 187 Å². The molecule has 0 aliphatic carbocycles. The van der Waals surface area contributed by atoms with Crippen molar-refractivity contribution < 1.29 is 49.0 Å². The van der Waals surface area contributed by atoms with Gasteiger partial charge >= 0.3 is 0 Å². The molecule has 20 heteroatoms. The minimum Gasteiger partial charge on any atom is -0.473 e. The van der Waals surface area contributed by atoms with E-state index >= 15 is 0 Å². The van der Waals surface area contributed by atoms with E-state index in [0.717, 1.165) is 43.8 Å². The maximum atomic E-state index is 11.4. The van der Waals surface area contributed by atoms with Crippen LogP contribution in [0.1, 0.15) is 52.2 Å². The maximum Gasteiger partial charge on any atom is 0.249 e. The number of benzene rings is 4. The quantitative estimate of drug-likeness (QED) is 0.0400. The van der Waals surface area contributed by atoms with Crippen molar-refractivity contribution in [2.45, 2.75) is 66.1 Å². The number of halogens is 1. The van der Waals surface area contributed by atoms with Crippen molar-refractivity contribution in [2.75, 3.05) is 16.4 Å². The zero-order valence-corrected chi connectivity index (χ0v) is 47.1. The zero-order valence-electron chi connectivity index (χ0n) is 43.9. The van der Waals surface area contributed by atoms with Gasteiger partial charge in [0.25, 0.3) is 0 Å². The Morgan fingerprint density at radius 2 is 0.962 bits per heavy atom. The minimum absolute atomic E-state index is 0. The van der Waals surface area contributed by atoms with Crippen LogP contribution in [0.25, 0.3) is 0 Å². The van der Waals surface area contributed by atoms with E-state index in [2.05, 4.69) is 71.8 Å². The smallest absolute Gasteiger partial charge is 0.249 e. The van der Waals surface area contributed by atoms with Crippen molar-refractivity contribution in [2.24, 2.45) is 0 Å². The fourth-order valence-corrected chi connectivity index (χ4v) is 7.02. The fraction of sp³-hybridized carbons (Fsp3) is 0.169. The van der Waals surface area contributed by atoms with Crippen molar-refractivity contribution in [3.05, 3.63) is 234 Å². The number of carbonyl (C=O) groups excluding carboxylic acids is 2. The third-order valence-corrected chi connectivity index (χ3v) is 11.3. The maximum absolute atomic E-state index is 11.4. The summed E-state index contributed by atoms with van der Waals surface area (Å²) in [5.41, 5.74) is 12.8. The van der Waals surface area contributed by atoms with Crippen LogP contribution >= 0.6 is 15.9 Å². The van der Waals surface area contributed by atoms with Crippen LogP contribution in [0.3, 0.4) is 0 Å². The number of piperidine rings is 1. The number of nitrogens with zero attached hydrogens (tertiary/aromatic N) is 8. The zero-order chi connectivity index (χ0) is 54.0. The van der Waals surface area contributed by atoms with Gasteiger partial charge in [-0.15, -0.1) is 0 Å². The van der Waals surface area contributed by atoms with Crippen molar-refractivity contribution >= 4 is 50.9 Å². The van der Waals surface area contributed by atoms with Crippen LogP contribution in [-0.4, -0.2) is 57.7 Å². The number of rotatable bonds is 16. The van der Waals surface area contributed by atoms with Crippen LogP contribution in [0.4, 0.5) is 23.1 Å². The molecule has 6 heterocycles. The molecular weight excluding hydrogens is 1160 g/mol. The molecule has 0 saturated carbocycles. The molecule has 1 atom stereocenters. The van der Waals surface area contributed by atoms with Crippen LogP contribution in [0, 0.1) is 28.2 Å². The number of aromatic nitrogens is 8. The SMILES string of the molecule is Brc1ccc(OCc2ccccc2)nc1OCc1ccccc1.Cc1cnc(N)cn1.Cc1cnc(NC2CCC(=O)NC2=O)cn1.Cc1cnc(Nc2ccc(OCc3ccccc3)nc2OCc2ccccc2)cn1.[CH3-].[Pd]. The van der Waals surface area contributed by atoms with Crippen LogP contribution in [0.5, 0.6) is 23.5 Å². The molecule has 5 N–H and O–H groups in total.